The smallest absolute Gasteiger partial charge is 0.254 e. The number of thiophene rings is 1. The van der Waals surface area contributed by atoms with Crippen molar-refractivity contribution in [1.29, 1.82) is 0 Å². The van der Waals surface area contributed by atoms with Gasteiger partial charge in [-0.15, -0.1) is 11.3 Å². The highest BCUT2D eigenvalue weighted by molar-refractivity contribution is 7.26. The second-order valence-electron chi connectivity index (χ2n) is 32.8. The van der Waals surface area contributed by atoms with Crippen molar-refractivity contribution in [2.24, 2.45) is 27.6 Å². The Labute approximate surface area is 475 Å². The lowest BCUT2D eigenvalue weighted by molar-refractivity contribution is 0.0870. The molecule has 15 rings (SSSR count). The van der Waals surface area contributed by atoms with E-state index in [4.69, 9.17) is 0 Å². The molecule has 4 unspecified atom stereocenters. The van der Waals surface area contributed by atoms with E-state index in [2.05, 4.69) is 225 Å². The van der Waals surface area contributed by atoms with E-state index in [-0.39, 0.29) is 61.5 Å². The maximum absolute atomic E-state index is 2.91. The SMILES string of the molecule is Cc1cc2c3c(c1)N(C1C=CC4=C(C1)C(C)(C)CCC4(C)C)c1cc4c(cc1B3c1c3sc5cc6c(cc15)C(C)(C)CCC6(C)CC1(C)CCC(C)(C)C5CC(=CC=C51)c1cc(C(C)(C)C)ccc1N23)C(C)(C)CCC4(C)C. The zero-order valence-corrected chi connectivity index (χ0v) is 52.1. The minimum Gasteiger partial charge on any atom is -0.335 e. The van der Waals surface area contributed by atoms with E-state index < -0.39 is 0 Å². The predicted octanol–water partition coefficient (Wildman–Crippen LogP) is 19.0. The van der Waals surface area contributed by atoms with Crippen LogP contribution in [0.15, 0.2) is 95.6 Å². The number of anilines is 5. The summed E-state index contributed by atoms with van der Waals surface area (Å²) < 4.78 is 1.47. The Balaban J connectivity index is 1.12. The van der Waals surface area contributed by atoms with Crippen LogP contribution in [0.1, 0.15) is 227 Å². The largest absolute Gasteiger partial charge is 0.335 e. The third-order valence-electron chi connectivity index (χ3n) is 23.6. The van der Waals surface area contributed by atoms with Gasteiger partial charge in [0.1, 0.15) is 0 Å². The van der Waals surface area contributed by atoms with Gasteiger partial charge in [-0.1, -0.05) is 165 Å². The van der Waals surface area contributed by atoms with Crippen LogP contribution in [0.25, 0.3) is 15.7 Å². The molecule has 5 aromatic rings. The van der Waals surface area contributed by atoms with Crippen LogP contribution < -0.4 is 26.2 Å². The van der Waals surface area contributed by atoms with Crippen molar-refractivity contribution in [2.75, 3.05) is 9.80 Å². The fourth-order valence-corrected chi connectivity index (χ4v) is 19.5. The summed E-state index contributed by atoms with van der Waals surface area (Å²) >= 11 is 2.11. The van der Waals surface area contributed by atoms with Crippen LogP contribution in [0.4, 0.5) is 27.8 Å². The number of nitrogens with zero attached hydrogens (tertiary/aromatic N) is 2. The molecule has 0 spiro atoms. The third kappa shape index (κ3) is 7.17. The van der Waals surface area contributed by atoms with Gasteiger partial charge in [0.05, 0.1) is 16.7 Å². The Morgan fingerprint density at radius 2 is 1.22 bits per heavy atom. The number of hydrogen-bond donors (Lipinski definition) is 0. The molecular formula is C74H91BN2S. The third-order valence-corrected chi connectivity index (χ3v) is 24.7. The highest BCUT2D eigenvalue weighted by Crippen LogP contribution is 2.64. The van der Waals surface area contributed by atoms with Crippen molar-refractivity contribution in [3.8, 4) is 0 Å². The standard InChI is InChI=1S/C74H91BN2S/c1-43-33-60-64-61(34-43)77-58-24-20-45(66(2,3)4)36-47(58)44-19-22-50-51(35-44)71(13,14)29-31-73(50,17)42-74(18)32-30-72(15,16)53-38-48-62(41-56(53)74)78-65(77)63(48)75(64)57-39-54-55(70(11,12)28-27-69(54,9)10)40-59(57)76(60)46-21-23-49-52(37-46)68(7,8)26-25-67(49,5)6/h19-24,33-34,36,38-41,46,51H,25-32,35,37,42H2,1-18H3. The van der Waals surface area contributed by atoms with E-state index in [1.165, 1.54) is 134 Å². The quantitative estimate of drug-likeness (QED) is 0.151. The molecule has 406 valence electrons. The highest BCUT2D eigenvalue weighted by atomic mass is 32.1. The number of aryl methyl sites for hydroxylation is 1. The van der Waals surface area contributed by atoms with Crippen LogP contribution in [-0.2, 0) is 27.1 Å². The highest BCUT2D eigenvalue weighted by Gasteiger charge is 2.54. The number of benzene rings is 4. The topological polar surface area (TPSA) is 6.48 Å². The Bertz CT molecular complexity index is 3620. The second kappa shape index (κ2) is 15.9. The number of fused-ring (bicyclic) bond motifs is 6. The van der Waals surface area contributed by atoms with Gasteiger partial charge in [0.15, 0.2) is 0 Å². The van der Waals surface area contributed by atoms with Crippen LogP contribution in [0.3, 0.4) is 0 Å². The molecule has 10 aliphatic rings. The van der Waals surface area contributed by atoms with Crippen molar-refractivity contribution in [1.82, 2.24) is 0 Å². The lowest BCUT2D eigenvalue weighted by Gasteiger charge is -2.55. The maximum atomic E-state index is 2.91. The van der Waals surface area contributed by atoms with E-state index in [9.17, 15) is 0 Å². The molecule has 5 heterocycles. The molecule has 1 fully saturated rings. The van der Waals surface area contributed by atoms with Crippen LogP contribution >= 0.6 is 11.3 Å². The summed E-state index contributed by atoms with van der Waals surface area (Å²) in [4.78, 5) is 5.76. The molecule has 6 aliphatic carbocycles. The van der Waals surface area contributed by atoms with Crippen LogP contribution in [0, 0.1) is 34.5 Å². The summed E-state index contributed by atoms with van der Waals surface area (Å²) in [6, 6.07) is 24.3. The first-order chi connectivity index (χ1) is 36.3. The molecule has 0 radical (unpaired) electrons. The fraction of sp³-hybridized carbons (Fsp3) is 0.541. The first-order valence-corrected chi connectivity index (χ1v) is 31.7. The van der Waals surface area contributed by atoms with Gasteiger partial charge in [0.2, 0.25) is 0 Å². The predicted molar refractivity (Wildman–Crippen MR) is 339 cm³/mol. The van der Waals surface area contributed by atoms with E-state index in [0.29, 0.717) is 5.92 Å². The molecule has 78 heavy (non-hydrogen) atoms. The normalized spacial score (nSPS) is 28.8. The molecule has 7 bridgehead atoms. The lowest BCUT2D eigenvalue weighted by Crippen LogP contribution is -2.63. The molecule has 1 saturated carbocycles. The molecule has 4 aromatic carbocycles. The summed E-state index contributed by atoms with van der Waals surface area (Å²) in [6.07, 6.45) is 23.7. The van der Waals surface area contributed by atoms with Crippen molar-refractivity contribution >= 4 is 77.8 Å². The van der Waals surface area contributed by atoms with Gasteiger partial charge in [0.25, 0.3) is 6.71 Å². The summed E-state index contributed by atoms with van der Waals surface area (Å²) in [6.45, 7) is 45.7. The molecule has 0 saturated heterocycles. The van der Waals surface area contributed by atoms with E-state index in [1.807, 2.05) is 0 Å². The van der Waals surface area contributed by atoms with E-state index in [0.717, 1.165) is 12.8 Å². The van der Waals surface area contributed by atoms with E-state index in [1.54, 1.807) is 39.0 Å². The average Bonchev–Trinajstić information content (AvgIpc) is 2.16. The number of allylic oxidation sites excluding steroid dienone is 6. The Kier molecular flexibility index (Phi) is 10.5. The van der Waals surface area contributed by atoms with Crippen molar-refractivity contribution in [3.63, 3.8) is 0 Å². The van der Waals surface area contributed by atoms with Crippen molar-refractivity contribution in [2.45, 2.75) is 228 Å². The van der Waals surface area contributed by atoms with Gasteiger partial charge in [-0.2, -0.15) is 0 Å². The van der Waals surface area contributed by atoms with Gasteiger partial charge in [0, 0.05) is 27.3 Å². The maximum Gasteiger partial charge on any atom is 0.254 e. The summed E-state index contributed by atoms with van der Waals surface area (Å²) in [7, 11) is 0. The van der Waals surface area contributed by atoms with Crippen LogP contribution in [0.5, 0.6) is 0 Å². The Morgan fingerprint density at radius 3 is 1.94 bits per heavy atom. The van der Waals surface area contributed by atoms with Crippen LogP contribution in [-0.4, -0.2) is 12.8 Å². The average molecular weight is 1050 g/mol. The van der Waals surface area contributed by atoms with Gasteiger partial charge >= 0.3 is 0 Å². The summed E-state index contributed by atoms with van der Waals surface area (Å²) in [5.74, 6) is 0.489. The van der Waals surface area contributed by atoms with Crippen molar-refractivity contribution < 1.29 is 0 Å². The molecule has 4 atom stereocenters. The lowest BCUT2D eigenvalue weighted by atomic mass is 9.33. The van der Waals surface area contributed by atoms with Crippen LogP contribution in [0.2, 0.25) is 0 Å². The molecule has 4 heteroatoms. The molecule has 1 aromatic heterocycles. The van der Waals surface area contributed by atoms with Crippen molar-refractivity contribution in [3.05, 3.63) is 135 Å². The number of hydrogen-bond acceptors (Lipinski definition) is 3. The summed E-state index contributed by atoms with van der Waals surface area (Å²) in [5, 5.41) is 2.91. The summed E-state index contributed by atoms with van der Waals surface area (Å²) in [5.41, 5.74) is 28.1. The minimum atomic E-state index is -0.00233. The van der Waals surface area contributed by atoms with Gasteiger partial charge in [-0.3, -0.25) is 0 Å². The van der Waals surface area contributed by atoms with Gasteiger partial charge in [-0.25, -0.2) is 0 Å². The van der Waals surface area contributed by atoms with Gasteiger partial charge < -0.3 is 9.80 Å². The molecule has 0 amide bonds. The fourth-order valence-electron chi connectivity index (χ4n) is 18.2. The van der Waals surface area contributed by atoms with Gasteiger partial charge in [-0.05, 0) is 241 Å². The Morgan fingerprint density at radius 1 is 0.577 bits per heavy atom. The molecule has 2 nitrogen and oxygen atoms in total. The molecular weight excluding hydrogens is 960 g/mol. The zero-order valence-electron chi connectivity index (χ0n) is 51.3. The minimum absolute atomic E-state index is 0.00233. The molecule has 0 N–H and O–H groups in total. The second-order valence-corrected chi connectivity index (χ2v) is 33.8. The Hall–Kier alpha value is -4.54. The van der Waals surface area contributed by atoms with E-state index >= 15 is 0 Å². The first-order valence-electron chi connectivity index (χ1n) is 30.9. The molecule has 4 aliphatic heterocycles. The monoisotopic (exact) mass is 1050 g/mol. The number of rotatable bonds is 1. The first kappa shape index (κ1) is 51.6. The zero-order chi connectivity index (χ0) is 55.2.